The first-order valence-corrected chi connectivity index (χ1v) is 17.2. The number of hydrogen-bond acceptors (Lipinski definition) is 5. The van der Waals surface area contributed by atoms with E-state index in [1.807, 2.05) is 30.6 Å². The maximum atomic E-state index is 12.5. The van der Waals surface area contributed by atoms with Gasteiger partial charge in [0, 0.05) is 42.0 Å². The number of fused-ring (bicyclic) bond motifs is 4. The Morgan fingerprint density at radius 3 is 2.47 bits per heavy atom. The molecule has 6 unspecified atom stereocenters. The van der Waals surface area contributed by atoms with Crippen LogP contribution in [0.25, 0.3) is 12.2 Å². The minimum absolute atomic E-state index is 0.00901. The highest BCUT2D eigenvalue weighted by atomic mass is 16.7. The lowest BCUT2D eigenvalue weighted by Gasteiger charge is -2.58. The molecule has 1 aliphatic heterocycles. The molecule has 5 nitrogen and oxygen atoms in total. The minimum Gasteiger partial charge on any atom is -0.389 e. The fourth-order valence-corrected chi connectivity index (χ4v) is 9.94. The summed E-state index contributed by atoms with van der Waals surface area (Å²) >= 11 is 0. The highest BCUT2D eigenvalue weighted by molar-refractivity contribution is 5.69. The molecule has 1 saturated heterocycles. The van der Waals surface area contributed by atoms with Gasteiger partial charge in [0.1, 0.15) is 0 Å². The second kappa shape index (κ2) is 11.3. The van der Waals surface area contributed by atoms with Crippen LogP contribution in [0.5, 0.6) is 0 Å². The first kappa shape index (κ1) is 31.1. The Bertz CT molecular complexity index is 1480. The summed E-state index contributed by atoms with van der Waals surface area (Å²) in [5, 5.41) is 24.9. The van der Waals surface area contributed by atoms with E-state index in [1.165, 1.54) is 16.7 Å². The molecular weight excluding hydrogens is 558 g/mol. The molecule has 5 heteroatoms. The van der Waals surface area contributed by atoms with Crippen molar-refractivity contribution in [3.8, 4) is 0 Å². The van der Waals surface area contributed by atoms with E-state index in [0.717, 1.165) is 68.9 Å². The molecule has 7 rings (SSSR count). The third kappa shape index (κ3) is 5.38. The fourth-order valence-electron chi connectivity index (χ4n) is 9.94. The number of allylic oxidation sites excluding steroid dienone is 2. The van der Waals surface area contributed by atoms with Crippen LogP contribution in [-0.4, -0.2) is 45.4 Å². The molecule has 1 aromatic carbocycles. The Hall–Kier alpha value is -2.57. The van der Waals surface area contributed by atoms with Crippen LogP contribution in [0.4, 0.5) is 0 Å². The summed E-state index contributed by atoms with van der Waals surface area (Å²) < 4.78 is 12.9. The summed E-state index contributed by atoms with van der Waals surface area (Å²) in [4.78, 5) is 4.15. The summed E-state index contributed by atoms with van der Waals surface area (Å²) in [7, 11) is 0. The molecule has 6 atom stereocenters. The lowest BCUT2D eigenvalue weighted by atomic mass is 9.49. The van der Waals surface area contributed by atoms with Gasteiger partial charge in [-0.15, -0.1) is 6.58 Å². The molecule has 0 bridgehead atoms. The van der Waals surface area contributed by atoms with Crippen molar-refractivity contribution in [3.63, 3.8) is 0 Å². The van der Waals surface area contributed by atoms with Crippen molar-refractivity contribution in [1.29, 1.82) is 0 Å². The molecule has 45 heavy (non-hydrogen) atoms. The lowest BCUT2D eigenvalue weighted by molar-refractivity contribution is -0.322. The van der Waals surface area contributed by atoms with Crippen LogP contribution in [0.2, 0.25) is 0 Å². The Balaban J connectivity index is 1.29. The number of aliphatic hydroxyl groups is 2. The van der Waals surface area contributed by atoms with E-state index in [0.29, 0.717) is 31.5 Å². The van der Waals surface area contributed by atoms with Crippen molar-refractivity contribution in [2.45, 2.75) is 108 Å². The molecule has 2 aromatic rings. The van der Waals surface area contributed by atoms with Crippen LogP contribution in [0.1, 0.15) is 108 Å². The van der Waals surface area contributed by atoms with Gasteiger partial charge in [-0.25, -0.2) is 0 Å². The smallest absolute Gasteiger partial charge is 0.171 e. The van der Waals surface area contributed by atoms with Crippen LogP contribution in [0.3, 0.4) is 0 Å². The predicted molar refractivity (Wildman–Crippen MR) is 179 cm³/mol. The average molecular weight is 610 g/mol. The normalized spacial score (nSPS) is 36.9. The number of pyridine rings is 1. The van der Waals surface area contributed by atoms with Crippen molar-refractivity contribution in [1.82, 2.24) is 4.98 Å². The molecule has 0 amide bonds. The molecule has 2 heterocycles. The SMILES string of the molecule is C=CCCC1(O)CCC2C3CCC4(O)CC5(CCC4=C3C(c3cccc(C=Cc4ccncc4)c3)CC21C)OCC(C)(C)CO5. The predicted octanol–water partition coefficient (Wildman–Crippen LogP) is 8.24. The summed E-state index contributed by atoms with van der Waals surface area (Å²) in [5.41, 5.74) is 4.42. The second-order valence-corrected chi connectivity index (χ2v) is 15.9. The van der Waals surface area contributed by atoms with E-state index >= 15 is 0 Å². The maximum Gasteiger partial charge on any atom is 0.171 e. The molecule has 5 aliphatic rings. The third-order valence-electron chi connectivity index (χ3n) is 12.4. The van der Waals surface area contributed by atoms with Gasteiger partial charge in [-0.2, -0.15) is 0 Å². The van der Waals surface area contributed by atoms with Crippen molar-refractivity contribution in [3.05, 3.63) is 89.3 Å². The molecule has 0 radical (unpaired) electrons. The molecule has 240 valence electrons. The molecule has 4 aliphatic carbocycles. The van der Waals surface area contributed by atoms with Gasteiger partial charge in [0.05, 0.1) is 24.4 Å². The van der Waals surface area contributed by atoms with Gasteiger partial charge in [0.25, 0.3) is 0 Å². The fraction of sp³-hybridized carbons (Fsp3) is 0.575. The second-order valence-electron chi connectivity index (χ2n) is 15.9. The van der Waals surface area contributed by atoms with Gasteiger partial charge in [-0.1, -0.05) is 68.8 Å². The standard InChI is InChI=1S/C40H51NO4/c1-5-6-17-39(43)19-13-33-31-12-18-38(42)25-40(44-26-36(2,3)27-45-40)20-14-34(38)35(31)32(24-37(33,39)4)30-9-7-8-29(23-30)11-10-28-15-21-41-22-16-28/h5,7-11,15-16,21-23,31-33,42-43H,1,6,12-14,17-20,24-27H2,2-4H3. The molecule has 4 fully saturated rings. The van der Waals surface area contributed by atoms with Gasteiger partial charge in [0.2, 0.25) is 0 Å². The highest BCUT2D eigenvalue weighted by Crippen LogP contribution is 2.68. The zero-order valence-electron chi connectivity index (χ0n) is 27.4. The first-order valence-electron chi connectivity index (χ1n) is 17.2. The molecule has 1 spiro atoms. The molecule has 1 aromatic heterocycles. The summed E-state index contributed by atoms with van der Waals surface area (Å²) in [6, 6.07) is 13.0. The van der Waals surface area contributed by atoms with Crippen LogP contribution < -0.4 is 0 Å². The van der Waals surface area contributed by atoms with E-state index in [9.17, 15) is 10.2 Å². The number of ether oxygens (including phenoxy) is 2. The van der Waals surface area contributed by atoms with Crippen molar-refractivity contribution < 1.29 is 19.7 Å². The van der Waals surface area contributed by atoms with Crippen LogP contribution in [0.15, 0.2) is 72.6 Å². The Morgan fingerprint density at radius 2 is 1.71 bits per heavy atom. The summed E-state index contributed by atoms with van der Waals surface area (Å²) in [6.45, 7) is 12.0. The number of hydrogen-bond donors (Lipinski definition) is 2. The third-order valence-corrected chi connectivity index (χ3v) is 12.4. The van der Waals surface area contributed by atoms with Crippen LogP contribution in [0, 0.1) is 22.7 Å². The molecule has 3 saturated carbocycles. The van der Waals surface area contributed by atoms with Crippen molar-refractivity contribution in [2.24, 2.45) is 22.7 Å². The maximum absolute atomic E-state index is 12.5. The lowest BCUT2D eigenvalue weighted by Crippen LogP contribution is -2.58. The average Bonchev–Trinajstić information content (AvgIpc) is 3.30. The number of aromatic nitrogens is 1. The first-order chi connectivity index (χ1) is 21.5. The zero-order chi connectivity index (χ0) is 31.5. The quantitative estimate of drug-likeness (QED) is 0.323. The van der Waals surface area contributed by atoms with Crippen LogP contribution in [-0.2, 0) is 9.47 Å². The Morgan fingerprint density at radius 1 is 0.956 bits per heavy atom. The number of benzene rings is 1. The molecular formula is C40H51NO4. The number of rotatable bonds is 6. The van der Waals surface area contributed by atoms with E-state index in [2.05, 4.69) is 68.8 Å². The summed E-state index contributed by atoms with van der Waals surface area (Å²) in [6.07, 6.45) is 18.0. The largest absolute Gasteiger partial charge is 0.389 e. The Kier molecular flexibility index (Phi) is 7.79. The minimum atomic E-state index is -0.922. The van der Waals surface area contributed by atoms with Gasteiger partial charge >= 0.3 is 0 Å². The zero-order valence-corrected chi connectivity index (χ0v) is 27.4. The monoisotopic (exact) mass is 609 g/mol. The van der Waals surface area contributed by atoms with Gasteiger partial charge in [-0.05, 0) is 97.6 Å². The highest BCUT2D eigenvalue weighted by Gasteiger charge is 2.64. The van der Waals surface area contributed by atoms with Crippen LogP contribution >= 0.6 is 0 Å². The van der Waals surface area contributed by atoms with E-state index in [4.69, 9.17) is 9.47 Å². The van der Waals surface area contributed by atoms with Gasteiger partial charge in [0.15, 0.2) is 5.79 Å². The van der Waals surface area contributed by atoms with Gasteiger partial charge < -0.3 is 19.7 Å². The van der Waals surface area contributed by atoms with Crippen molar-refractivity contribution >= 4 is 12.2 Å². The van der Waals surface area contributed by atoms with E-state index in [1.54, 1.807) is 0 Å². The summed E-state index contributed by atoms with van der Waals surface area (Å²) in [5.74, 6) is 0.209. The number of nitrogens with zero attached hydrogens (tertiary/aromatic N) is 1. The van der Waals surface area contributed by atoms with Gasteiger partial charge in [-0.3, -0.25) is 4.98 Å². The van der Waals surface area contributed by atoms with Crippen molar-refractivity contribution in [2.75, 3.05) is 13.2 Å². The topological polar surface area (TPSA) is 71.8 Å². The molecule has 2 N–H and O–H groups in total. The Labute approximate surface area is 269 Å². The van der Waals surface area contributed by atoms with E-state index in [-0.39, 0.29) is 16.7 Å². The van der Waals surface area contributed by atoms with E-state index < -0.39 is 17.0 Å².